The van der Waals surface area contributed by atoms with Crippen molar-refractivity contribution in [2.45, 2.75) is 40.7 Å². The molecule has 0 fully saturated rings. The largest absolute Gasteiger partial charge is 0.372 e. The van der Waals surface area contributed by atoms with Gasteiger partial charge in [0.05, 0.1) is 0 Å². The summed E-state index contributed by atoms with van der Waals surface area (Å²) in [5.74, 6) is 0.691. The molecule has 0 unspecified atom stereocenters. The topological polar surface area (TPSA) is 15.3 Å². The Kier molecular flexibility index (Phi) is 7.47. The van der Waals surface area contributed by atoms with Crippen molar-refractivity contribution in [2.75, 3.05) is 24.5 Å². The Morgan fingerprint density at radius 1 is 1.26 bits per heavy atom. The van der Waals surface area contributed by atoms with Crippen LogP contribution in [0.3, 0.4) is 0 Å². The molecule has 1 aromatic rings. The second-order valence-electron chi connectivity index (χ2n) is 5.38. The summed E-state index contributed by atoms with van der Waals surface area (Å²) in [6, 6.07) is 6.60. The van der Waals surface area contributed by atoms with Gasteiger partial charge in [0.15, 0.2) is 0 Å². The Balaban J connectivity index is 2.83. The highest BCUT2D eigenvalue weighted by Crippen LogP contribution is 2.25. The number of hydrogen-bond acceptors (Lipinski definition) is 2. The van der Waals surface area contributed by atoms with Crippen molar-refractivity contribution < 1.29 is 0 Å². The molecule has 0 amide bonds. The Bertz CT molecular complexity index is 377. The van der Waals surface area contributed by atoms with E-state index in [1.807, 2.05) is 0 Å². The second-order valence-corrected chi connectivity index (χ2v) is 6.29. The van der Waals surface area contributed by atoms with Crippen molar-refractivity contribution in [3.05, 3.63) is 28.2 Å². The van der Waals surface area contributed by atoms with Gasteiger partial charge < -0.3 is 10.2 Å². The van der Waals surface area contributed by atoms with Crippen molar-refractivity contribution in [1.82, 2.24) is 5.32 Å². The molecular formula is C16H27BrN2. The van der Waals surface area contributed by atoms with Crippen LogP contribution in [-0.2, 0) is 6.54 Å². The van der Waals surface area contributed by atoms with Gasteiger partial charge in [-0.15, -0.1) is 0 Å². The highest BCUT2D eigenvalue weighted by Gasteiger charge is 2.09. The molecule has 0 saturated carbocycles. The normalized spacial score (nSPS) is 11.1. The molecule has 19 heavy (non-hydrogen) atoms. The van der Waals surface area contributed by atoms with Crippen LogP contribution in [0.15, 0.2) is 22.7 Å². The van der Waals surface area contributed by atoms with E-state index in [1.54, 1.807) is 0 Å². The van der Waals surface area contributed by atoms with Crippen LogP contribution in [0, 0.1) is 5.92 Å². The molecule has 0 atom stereocenters. The fourth-order valence-corrected chi connectivity index (χ4v) is 2.54. The zero-order valence-corrected chi connectivity index (χ0v) is 14.3. The average molecular weight is 327 g/mol. The fourth-order valence-electron chi connectivity index (χ4n) is 2.20. The second kappa shape index (κ2) is 8.60. The number of hydrogen-bond donors (Lipinski definition) is 1. The molecule has 0 radical (unpaired) electrons. The minimum Gasteiger partial charge on any atom is -0.372 e. The van der Waals surface area contributed by atoms with Crippen molar-refractivity contribution in [2.24, 2.45) is 5.92 Å². The Labute approximate surface area is 126 Å². The first-order chi connectivity index (χ1) is 9.08. The van der Waals surface area contributed by atoms with Crippen LogP contribution < -0.4 is 10.2 Å². The minimum atomic E-state index is 0.691. The summed E-state index contributed by atoms with van der Waals surface area (Å²) >= 11 is 3.59. The third-order valence-corrected chi connectivity index (χ3v) is 3.62. The molecule has 0 heterocycles. The summed E-state index contributed by atoms with van der Waals surface area (Å²) in [5, 5.41) is 3.54. The number of benzene rings is 1. The van der Waals surface area contributed by atoms with Crippen LogP contribution in [-0.4, -0.2) is 19.6 Å². The molecule has 0 bridgehead atoms. The molecule has 108 valence electrons. The van der Waals surface area contributed by atoms with Gasteiger partial charge >= 0.3 is 0 Å². The van der Waals surface area contributed by atoms with Gasteiger partial charge in [0, 0.05) is 29.8 Å². The van der Waals surface area contributed by atoms with E-state index in [2.05, 4.69) is 72.0 Å². The first kappa shape index (κ1) is 16.5. The van der Waals surface area contributed by atoms with Crippen LogP contribution in [0.4, 0.5) is 5.69 Å². The fraction of sp³-hybridized carbons (Fsp3) is 0.625. The first-order valence-electron chi connectivity index (χ1n) is 7.32. The number of nitrogens with zero attached hydrogens (tertiary/aromatic N) is 1. The lowest BCUT2D eigenvalue weighted by atomic mass is 10.1. The molecule has 0 aliphatic carbocycles. The third-order valence-electron chi connectivity index (χ3n) is 3.13. The smallest absolute Gasteiger partial charge is 0.0423 e. The molecule has 1 N–H and O–H groups in total. The molecule has 0 saturated heterocycles. The number of nitrogens with one attached hydrogen (secondary N) is 1. The number of halogens is 1. The van der Waals surface area contributed by atoms with Crippen molar-refractivity contribution >= 4 is 21.6 Å². The lowest BCUT2D eigenvalue weighted by molar-refractivity contribution is 0.552. The first-order valence-corrected chi connectivity index (χ1v) is 8.11. The summed E-state index contributed by atoms with van der Waals surface area (Å²) in [4.78, 5) is 2.46. The average Bonchev–Trinajstić information content (AvgIpc) is 2.37. The van der Waals surface area contributed by atoms with Crippen LogP contribution in [0.2, 0.25) is 0 Å². The van der Waals surface area contributed by atoms with Gasteiger partial charge in [0.1, 0.15) is 0 Å². The van der Waals surface area contributed by atoms with E-state index >= 15 is 0 Å². The van der Waals surface area contributed by atoms with Crippen molar-refractivity contribution in [1.29, 1.82) is 0 Å². The Hall–Kier alpha value is -0.540. The van der Waals surface area contributed by atoms with Crippen molar-refractivity contribution in [3.8, 4) is 0 Å². The maximum absolute atomic E-state index is 3.59. The lowest BCUT2D eigenvalue weighted by Crippen LogP contribution is -2.26. The Morgan fingerprint density at radius 2 is 2.00 bits per heavy atom. The zero-order chi connectivity index (χ0) is 14.3. The number of anilines is 1. The summed E-state index contributed by atoms with van der Waals surface area (Å²) in [5.41, 5.74) is 2.74. The summed E-state index contributed by atoms with van der Waals surface area (Å²) in [6.45, 7) is 13.1. The van der Waals surface area contributed by atoms with Gasteiger partial charge in [-0.05, 0) is 43.5 Å². The van der Waals surface area contributed by atoms with Crippen LogP contribution in [0.5, 0.6) is 0 Å². The molecular weight excluding hydrogens is 300 g/mol. The SMILES string of the molecule is CCCN(CC)c1cc(Br)ccc1CNCC(C)C. The van der Waals surface area contributed by atoms with E-state index in [-0.39, 0.29) is 0 Å². The molecule has 0 aromatic heterocycles. The van der Waals surface area contributed by atoms with Gasteiger partial charge in [0.25, 0.3) is 0 Å². The van der Waals surface area contributed by atoms with Crippen molar-refractivity contribution in [3.63, 3.8) is 0 Å². The molecule has 1 rings (SSSR count). The molecule has 3 heteroatoms. The lowest BCUT2D eigenvalue weighted by Gasteiger charge is -2.26. The minimum absolute atomic E-state index is 0.691. The highest BCUT2D eigenvalue weighted by atomic mass is 79.9. The monoisotopic (exact) mass is 326 g/mol. The third kappa shape index (κ3) is 5.53. The standard InChI is InChI=1S/C16H27BrN2/c1-5-9-19(6-2)16-10-15(17)8-7-14(16)12-18-11-13(3)4/h7-8,10,13,18H,5-6,9,11-12H2,1-4H3. The van der Waals surface area contributed by atoms with E-state index in [9.17, 15) is 0 Å². The molecule has 0 aliphatic heterocycles. The summed E-state index contributed by atoms with van der Waals surface area (Å²) in [7, 11) is 0. The summed E-state index contributed by atoms with van der Waals surface area (Å²) in [6.07, 6.45) is 1.18. The molecule has 1 aromatic carbocycles. The van der Waals surface area contributed by atoms with E-state index in [4.69, 9.17) is 0 Å². The quantitative estimate of drug-likeness (QED) is 0.760. The van der Waals surface area contributed by atoms with Gasteiger partial charge in [-0.2, -0.15) is 0 Å². The highest BCUT2D eigenvalue weighted by molar-refractivity contribution is 9.10. The van der Waals surface area contributed by atoms with E-state index in [1.165, 1.54) is 17.7 Å². The number of rotatable bonds is 8. The van der Waals surface area contributed by atoms with Gasteiger partial charge in [-0.3, -0.25) is 0 Å². The van der Waals surface area contributed by atoms with Crippen LogP contribution in [0.25, 0.3) is 0 Å². The van der Waals surface area contributed by atoms with Gasteiger partial charge in [-0.25, -0.2) is 0 Å². The predicted molar refractivity (Wildman–Crippen MR) is 88.9 cm³/mol. The van der Waals surface area contributed by atoms with Crippen LogP contribution >= 0.6 is 15.9 Å². The maximum Gasteiger partial charge on any atom is 0.0423 e. The molecule has 0 aliphatic rings. The predicted octanol–water partition coefficient (Wildman–Crippen LogP) is 4.43. The zero-order valence-electron chi connectivity index (χ0n) is 12.7. The van der Waals surface area contributed by atoms with Gasteiger partial charge in [-0.1, -0.05) is 42.8 Å². The van der Waals surface area contributed by atoms with E-state index in [0.29, 0.717) is 5.92 Å². The van der Waals surface area contributed by atoms with E-state index in [0.717, 1.165) is 30.7 Å². The molecule has 2 nitrogen and oxygen atoms in total. The van der Waals surface area contributed by atoms with E-state index < -0.39 is 0 Å². The van der Waals surface area contributed by atoms with Crippen LogP contribution in [0.1, 0.15) is 39.7 Å². The Morgan fingerprint density at radius 3 is 2.58 bits per heavy atom. The van der Waals surface area contributed by atoms with Gasteiger partial charge in [0.2, 0.25) is 0 Å². The maximum atomic E-state index is 3.59. The molecule has 0 spiro atoms. The summed E-state index contributed by atoms with van der Waals surface area (Å²) < 4.78 is 1.16.